The molecule has 43 heavy (non-hydrogen) atoms. The first kappa shape index (κ1) is 23.7. The molecule has 2 bridgehead atoms. The minimum absolute atomic E-state index is 0.0230. The maximum absolute atomic E-state index is 13.2. The van der Waals surface area contributed by atoms with E-state index >= 15 is 0 Å². The van der Waals surface area contributed by atoms with Crippen molar-refractivity contribution in [3.05, 3.63) is 66.6 Å². The predicted molar refractivity (Wildman–Crippen MR) is 157 cm³/mol. The Morgan fingerprint density at radius 3 is 2.47 bits per heavy atom. The molecule has 4 aromatic heterocycles. The fourth-order valence-electron chi connectivity index (χ4n) is 6.46. The number of H-pyrrole nitrogens is 1. The van der Waals surface area contributed by atoms with Gasteiger partial charge in [-0.05, 0) is 56.0 Å². The van der Waals surface area contributed by atoms with Gasteiger partial charge < -0.3 is 20.4 Å². The lowest BCUT2D eigenvalue weighted by atomic mass is 9.87. The van der Waals surface area contributed by atoms with Crippen molar-refractivity contribution in [3.63, 3.8) is 0 Å². The molecule has 6 heterocycles. The lowest BCUT2D eigenvalue weighted by Crippen LogP contribution is -2.46. The number of nitrogens with one attached hydrogen (secondary N) is 1. The average Bonchev–Trinajstić information content (AvgIpc) is 3.74. The van der Waals surface area contributed by atoms with E-state index in [-0.39, 0.29) is 46.2 Å². The number of pyridine rings is 1. The van der Waals surface area contributed by atoms with E-state index in [1.165, 1.54) is 10.8 Å². The SMILES string of the molecule is [2H]C([2H])([2H])Oc1ccc(-c2ccc(-c3cnn4c(N)c(S(C)(=O)=O)c([C@H]5C[C@H]6CC[C@@H](C5)N6C(=O)c5nnc[nH]5)nc34)cn2)cc1. The molecule has 13 nitrogen and oxygen atoms in total. The highest BCUT2D eigenvalue weighted by molar-refractivity contribution is 7.91. The normalized spacial score (nSPS) is 21.4. The third kappa shape index (κ3) is 4.58. The minimum atomic E-state index is -3.79. The van der Waals surface area contributed by atoms with Gasteiger partial charge in [0.05, 0.1) is 28.7 Å². The van der Waals surface area contributed by atoms with Crippen molar-refractivity contribution in [2.45, 2.75) is 48.6 Å². The number of nitrogens with two attached hydrogens (primary N) is 1. The molecule has 5 aromatic rings. The first-order chi connectivity index (χ1) is 21.9. The lowest BCUT2D eigenvalue weighted by Gasteiger charge is -2.38. The summed E-state index contributed by atoms with van der Waals surface area (Å²) in [5, 5.41) is 12.0. The highest BCUT2D eigenvalue weighted by Crippen LogP contribution is 2.45. The van der Waals surface area contributed by atoms with Gasteiger partial charge in [0.1, 0.15) is 22.8 Å². The number of hydrogen-bond donors (Lipinski definition) is 2. The van der Waals surface area contributed by atoms with Crippen molar-refractivity contribution < 1.29 is 22.1 Å². The van der Waals surface area contributed by atoms with Gasteiger partial charge in [-0.2, -0.15) is 9.61 Å². The Hall–Kier alpha value is -4.85. The van der Waals surface area contributed by atoms with Crippen molar-refractivity contribution in [1.82, 2.24) is 39.7 Å². The van der Waals surface area contributed by atoms with E-state index < -0.39 is 16.9 Å². The van der Waals surface area contributed by atoms with Crippen molar-refractivity contribution in [2.75, 3.05) is 19.0 Å². The monoisotopic (exact) mass is 602 g/mol. The van der Waals surface area contributed by atoms with Crippen molar-refractivity contribution in [3.8, 4) is 28.1 Å². The second-order valence-electron chi connectivity index (χ2n) is 10.9. The van der Waals surface area contributed by atoms with Crippen LogP contribution in [0.5, 0.6) is 5.75 Å². The first-order valence-electron chi connectivity index (χ1n) is 15.2. The number of piperidine rings is 1. The standard InChI is InChI=1S/C29H29N9O4S/c1-42-21-8-3-16(4-9-21)23-10-5-17(13-31-23)22-14-34-38-26(30)25(43(2,40)41)24(35-28(22)38)18-11-19-6-7-20(12-18)37(19)29(39)27-32-15-33-36-27/h3-5,8-10,13-15,18-20H,6-7,11-12,30H2,1-2H3,(H,32,33,36)/t18-,19+,20-/i1D3. The van der Waals surface area contributed by atoms with E-state index in [4.69, 9.17) is 19.6 Å². The summed E-state index contributed by atoms with van der Waals surface area (Å²) in [4.78, 5) is 27.3. The van der Waals surface area contributed by atoms with Gasteiger partial charge in [-0.3, -0.25) is 9.78 Å². The van der Waals surface area contributed by atoms with Gasteiger partial charge >= 0.3 is 0 Å². The van der Waals surface area contributed by atoms with Crippen LogP contribution in [-0.2, 0) is 9.84 Å². The first-order valence-corrected chi connectivity index (χ1v) is 15.6. The van der Waals surface area contributed by atoms with Crippen LogP contribution in [0.15, 0.2) is 60.0 Å². The smallest absolute Gasteiger partial charge is 0.292 e. The fourth-order valence-corrected chi connectivity index (χ4v) is 7.52. The number of rotatable bonds is 6. The molecule has 7 rings (SSSR count). The predicted octanol–water partition coefficient (Wildman–Crippen LogP) is 3.12. The van der Waals surface area contributed by atoms with E-state index in [2.05, 4.69) is 25.3 Å². The molecule has 0 radical (unpaired) electrons. The van der Waals surface area contributed by atoms with Crippen LogP contribution in [0.4, 0.5) is 5.82 Å². The van der Waals surface area contributed by atoms with Gasteiger partial charge in [-0.25, -0.2) is 13.4 Å². The third-order valence-corrected chi connectivity index (χ3v) is 9.51. The maximum atomic E-state index is 13.2. The Morgan fingerprint density at radius 1 is 1.09 bits per heavy atom. The second-order valence-corrected chi connectivity index (χ2v) is 12.9. The summed E-state index contributed by atoms with van der Waals surface area (Å²) in [6.45, 7) is 0. The minimum Gasteiger partial charge on any atom is -0.497 e. The van der Waals surface area contributed by atoms with Gasteiger partial charge in [-0.15, -0.1) is 10.2 Å². The van der Waals surface area contributed by atoms with E-state index in [1.54, 1.807) is 36.7 Å². The Balaban J connectivity index is 1.22. The zero-order valence-corrected chi connectivity index (χ0v) is 23.8. The van der Waals surface area contributed by atoms with E-state index in [0.717, 1.165) is 24.7 Å². The zero-order valence-electron chi connectivity index (χ0n) is 26.0. The number of anilines is 1. The molecule has 220 valence electrons. The molecule has 0 unspecified atom stereocenters. The molecule has 2 saturated heterocycles. The molecule has 0 aliphatic carbocycles. The number of aromatic amines is 1. The van der Waals surface area contributed by atoms with Gasteiger partial charge in [-0.1, -0.05) is 6.07 Å². The van der Waals surface area contributed by atoms with Crippen molar-refractivity contribution >= 4 is 27.2 Å². The summed E-state index contributed by atoms with van der Waals surface area (Å²) >= 11 is 0. The highest BCUT2D eigenvalue weighted by Gasteiger charge is 2.46. The maximum Gasteiger partial charge on any atom is 0.292 e. The number of carbonyl (C=O) groups excluding carboxylic acids is 1. The van der Waals surface area contributed by atoms with Crippen molar-refractivity contribution in [1.29, 1.82) is 0 Å². The number of carbonyl (C=O) groups is 1. The largest absolute Gasteiger partial charge is 0.497 e. The Labute approximate surface area is 251 Å². The van der Waals surface area contributed by atoms with Crippen LogP contribution < -0.4 is 10.5 Å². The summed E-state index contributed by atoms with van der Waals surface area (Å²) in [6, 6.07) is 10.0. The molecule has 2 aliphatic rings. The quantitative estimate of drug-likeness (QED) is 0.294. The third-order valence-electron chi connectivity index (χ3n) is 8.35. The van der Waals surface area contributed by atoms with Crippen LogP contribution in [0, 0.1) is 0 Å². The number of ether oxygens (including phenoxy) is 1. The molecule has 2 fully saturated rings. The lowest BCUT2D eigenvalue weighted by molar-refractivity contribution is 0.0556. The number of hydrogen-bond acceptors (Lipinski definition) is 10. The number of nitrogens with zero attached hydrogens (tertiary/aromatic N) is 7. The van der Waals surface area contributed by atoms with Crippen LogP contribution in [0.1, 0.15) is 52.0 Å². The molecule has 14 heteroatoms. The topological polar surface area (TPSA) is 174 Å². The molecule has 1 aromatic carbocycles. The molecular formula is C29H29N9O4S. The van der Waals surface area contributed by atoms with Crippen LogP contribution in [0.25, 0.3) is 28.0 Å². The van der Waals surface area contributed by atoms with Gasteiger partial charge in [0, 0.05) is 47.1 Å². The van der Waals surface area contributed by atoms with Crippen LogP contribution in [0.2, 0.25) is 0 Å². The molecule has 3 atom stereocenters. The van der Waals surface area contributed by atoms with Crippen molar-refractivity contribution in [2.24, 2.45) is 0 Å². The average molecular weight is 603 g/mol. The Bertz CT molecular complexity index is 2030. The molecule has 3 N–H and O–H groups in total. The summed E-state index contributed by atoms with van der Waals surface area (Å²) in [5.74, 6) is -0.0959. The number of benzene rings is 1. The van der Waals surface area contributed by atoms with E-state index in [1.807, 2.05) is 17.0 Å². The van der Waals surface area contributed by atoms with Crippen LogP contribution >= 0.6 is 0 Å². The number of nitrogen functional groups attached to an aromatic ring is 1. The number of sulfone groups is 1. The molecular weight excluding hydrogens is 570 g/mol. The van der Waals surface area contributed by atoms with Gasteiger partial charge in [0.15, 0.2) is 15.5 Å². The summed E-state index contributed by atoms with van der Waals surface area (Å²) in [6.07, 6.45) is 8.35. The number of amides is 1. The highest BCUT2D eigenvalue weighted by atomic mass is 32.2. The van der Waals surface area contributed by atoms with Crippen LogP contribution in [-0.4, -0.2) is 79.4 Å². The Kier molecular flexibility index (Phi) is 5.59. The second kappa shape index (κ2) is 10.2. The molecule has 0 saturated carbocycles. The Morgan fingerprint density at radius 2 is 1.84 bits per heavy atom. The summed E-state index contributed by atoms with van der Waals surface area (Å²) in [7, 11) is -6.33. The van der Waals surface area contributed by atoms with Gasteiger partial charge in [0.25, 0.3) is 5.91 Å². The molecule has 2 aliphatic heterocycles. The van der Waals surface area contributed by atoms with E-state index in [9.17, 15) is 13.2 Å². The number of methoxy groups -OCH3 is 1. The summed E-state index contributed by atoms with van der Waals surface area (Å²) < 4.78 is 54.3. The van der Waals surface area contributed by atoms with E-state index in [0.29, 0.717) is 41.0 Å². The van der Waals surface area contributed by atoms with Gasteiger partial charge in [0.2, 0.25) is 5.82 Å². The number of fused-ring (bicyclic) bond motifs is 3. The molecule has 0 spiro atoms. The fraction of sp³-hybridized carbons (Fsp3) is 0.310. The molecule has 1 amide bonds. The zero-order chi connectivity index (χ0) is 32.4. The summed E-state index contributed by atoms with van der Waals surface area (Å²) in [5.41, 5.74) is 10.0. The number of aromatic nitrogens is 7. The van der Waals surface area contributed by atoms with Crippen LogP contribution in [0.3, 0.4) is 0 Å².